The molecule has 20 heavy (non-hydrogen) atoms. The summed E-state index contributed by atoms with van der Waals surface area (Å²) in [6.07, 6.45) is 4.00. The van der Waals surface area contributed by atoms with Crippen LogP contribution in [0.15, 0.2) is 29.2 Å². The van der Waals surface area contributed by atoms with E-state index in [4.69, 9.17) is 0 Å². The van der Waals surface area contributed by atoms with Crippen LogP contribution in [0.1, 0.15) is 29.6 Å². The van der Waals surface area contributed by atoms with E-state index in [-0.39, 0.29) is 17.9 Å². The summed E-state index contributed by atoms with van der Waals surface area (Å²) in [6.45, 7) is 0.702. The van der Waals surface area contributed by atoms with Gasteiger partial charge in [-0.15, -0.1) is 11.8 Å². The Morgan fingerprint density at radius 1 is 1.35 bits per heavy atom. The number of hydrogen-bond donors (Lipinski definition) is 1. The summed E-state index contributed by atoms with van der Waals surface area (Å²) in [5.74, 6) is 0.114. The second kappa shape index (κ2) is 6.79. The highest BCUT2D eigenvalue weighted by atomic mass is 32.2. The quantitative estimate of drug-likeness (QED) is 0.869. The van der Waals surface area contributed by atoms with Crippen LogP contribution in [0.25, 0.3) is 0 Å². The lowest BCUT2D eigenvalue weighted by Gasteiger charge is -2.17. The Kier molecular flexibility index (Phi) is 5.06. The molecule has 2 amide bonds. The molecule has 4 nitrogen and oxygen atoms in total. The first-order valence-electron chi connectivity index (χ1n) is 6.79. The first kappa shape index (κ1) is 14.9. The summed E-state index contributed by atoms with van der Waals surface area (Å²) < 4.78 is 0. The number of carbonyl (C=O) groups is 2. The van der Waals surface area contributed by atoms with Gasteiger partial charge >= 0.3 is 0 Å². The highest BCUT2D eigenvalue weighted by Gasteiger charge is 2.22. The number of likely N-dealkylation sites (tertiary alicyclic amines) is 1. The van der Waals surface area contributed by atoms with Gasteiger partial charge < -0.3 is 10.2 Å². The maximum absolute atomic E-state index is 12.3. The van der Waals surface area contributed by atoms with Gasteiger partial charge in [0.1, 0.15) is 0 Å². The average Bonchev–Trinajstić information content (AvgIpc) is 2.63. The number of carbonyl (C=O) groups excluding carboxylic acids is 2. The van der Waals surface area contributed by atoms with Gasteiger partial charge in [0, 0.05) is 31.0 Å². The lowest BCUT2D eigenvalue weighted by Crippen LogP contribution is -2.35. The van der Waals surface area contributed by atoms with Gasteiger partial charge in [0.15, 0.2) is 0 Å². The van der Waals surface area contributed by atoms with E-state index in [9.17, 15) is 9.59 Å². The maximum Gasteiger partial charge on any atom is 0.252 e. The van der Waals surface area contributed by atoms with E-state index in [1.54, 1.807) is 16.7 Å². The summed E-state index contributed by atoms with van der Waals surface area (Å²) in [6, 6.07) is 7.67. The van der Waals surface area contributed by atoms with Gasteiger partial charge in [0.05, 0.1) is 5.56 Å². The zero-order chi connectivity index (χ0) is 14.5. The Hall–Kier alpha value is -1.49. The molecule has 1 aliphatic heterocycles. The van der Waals surface area contributed by atoms with E-state index >= 15 is 0 Å². The first-order chi connectivity index (χ1) is 9.61. The Morgan fingerprint density at radius 3 is 2.85 bits per heavy atom. The largest absolute Gasteiger partial charge is 0.349 e. The Balaban J connectivity index is 2.02. The average molecular weight is 292 g/mol. The predicted octanol–water partition coefficient (Wildman–Crippen LogP) is 2.15. The highest BCUT2D eigenvalue weighted by molar-refractivity contribution is 7.98. The molecule has 1 heterocycles. The molecule has 1 atom stereocenters. The van der Waals surface area contributed by atoms with Crippen molar-refractivity contribution < 1.29 is 9.59 Å². The number of nitrogens with one attached hydrogen (secondary N) is 1. The number of amides is 2. The molecule has 0 aliphatic carbocycles. The first-order valence-corrected chi connectivity index (χ1v) is 8.02. The van der Waals surface area contributed by atoms with Gasteiger partial charge in [0.25, 0.3) is 5.91 Å². The lowest BCUT2D eigenvalue weighted by molar-refractivity contribution is -0.129. The van der Waals surface area contributed by atoms with Crippen molar-refractivity contribution >= 4 is 23.6 Å². The van der Waals surface area contributed by atoms with E-state index in [1.807, 2.05) is 37.6 Å². The standard InChI is InChI=1S/C15H20N2O2S/c1-17-10-9-11(7-8-14(17)18)16-15(19)12-5-3-4-6-13(12)20-2/h3-6,11H,7-10H2,1-2H3,(H,16,19). The molecule has 1 N–H and O–H groups in total. The molecular weight excluding hydrogens is 272 g/mol. The van der Waals surface area contributed by atoms with Crippen molar-refractivity contribution in [2.75, 3.05) is 19.8 Å². The Labute approximate surface area is 123 Å². The molecule has 0 radical (unpaired) electrons. The second-order valence-corrected chi connectivity index (χ2v) is 5.86. The normalized spacial score (nSPS) is 19.6. The van der Waals surface area contributed by atoms with Crippen LogP contribution in [0.5, 0.6) is 0 Å². The number of thioether (sulfide) groups is 1. The van der Waals surface area contributed by atoms with Crippen LogP contribution in [-0.4, -0.2) is 42.6 Å². The molecular formula is C15H20N2O2S. The molecule has 1 fully saturated rings. The lowest BCUT2D eigenvalue weighted by atomic mass is 10.1. The van der Waals surface area contributed by atoms with Crippen LogP contribution in [0.3, 0.4) is 0 Å². The van der Waals surface area contributed by atoms with Gasteiger partial charge in [-0.1, -0.05) is 12.1 Å². The van der Waals surface area contributed by atoms with Gasteiger partial charge in [-0.05, 0) is 31.2 Å². The third kappa shape index (κ3) is 3.54. The molecule has 0 saturated carbocycles. The van der Waals surface area contributed by atoms with Gasteiger partial charge in [0.2, 0.25) is 5.91 Å². The molecule has 5 heteroatoms. The fourth-order valence-corrected chi connectivity index (χ4v) is 2.94. The van der Waals surface area contributed by atoms with E-state index in [1.165, 1.54) is 0 Å². The van der Waals surface area contributed by atoms with Gasteiger partial charge in [-0.3, -0.25) is 9.59 Å². The van der Waals surface area contributed by atoms with Crippen LogP contribution in [0, 0.1) is 0 Å². The minimum atomic E-state index is -0.0445. The van der Waals surface area contributed by atoms with Crippen LogP contribution < -0.4 is 5.32 Å². The molecule has 1 aromatic carbocycles. The summed E-state index contributed by atoms with van der Waals surface area (Å²) >= 11 is 1.57. The summed E-state index contributed by atoms with van der Waals surface area (Å²) in [7, 11) is 1.82. The van der Waals surface area contributed by atoms with Crippen molar-refractivity contribution in [3.63, 3.8) is 0 Å². The van der Waals surface area contributed by atoms with Crippen LogP contribution in [0.2, 0.25) is 0 Å². The topological polar surface area (TPSA) is 49.4 Å². The number of benzene rings is 1. The minimum absolute atomic E-state index is 0.0445. The van der Waals surface area contributed by atoms with E-state index < -0.39 is 0 Å². The molecule has 1 aromatic rings. The molecule has 1 aliphatic rings. The molecule has 1 saturated heterocycles. The van der Waals surface area contributed by atoms with Crippen LogP contribution >= 0.6 is 11.8 Å². The van der Waals surface area contributed by atoms with Crippen molar-refractivity contribution in [2.24, 2.45) is 0 Å². The highest BCUT2D eigenvalue weighted by Crippen LogP contribution is 2.20. The van der Waals surface area contributed by atoms with Crippen molar-refractivity contribution in [3.05, 3.63) is 29.8 Å². The summed E-state index contributed by atoms with van der Waals surface area (Å²) in [5.41, 5.74) is 0.712. The number of hydrogen-bond acceptors (Lipinski definition) is 3. The molecule has 0 aromatic heterocycles. The maximum atomic E-state index is 12.3. The van der Waals surface area contributed by atoms with E-state index in [2.05, 4.69) is 5.32 Å². The molecule has 108 valence electrons. The smallest absolute Gasteiger partial charge is 0.252 e. The molecule has 1 unspecified atom stereocenters. The van der Waals surface area contributed by atoms with Crippen molar-refractivity contribution in [2.45, 2.75) is 30.2 Å². The fraction of sp³-hybridized carbons (Fsp3) is 0.467. The van der Waals surface area contributed by atoms with Gasteiger partial charge in [-0.25, -0.2) is 0 Å². The number of nitrogens with zero attached hydrogens (tertiary/aromatic N) is 1. The molecule has 0 bridgehead atoms. The Morgan fingerprint density at radius 2 is 2.10 bits per heavy atom. The predicted molar refractivity (Wildman–Crippen MR) is 81.0 cm³/mol. The fourth-order valence-electron chi connectivity index (χ4n) is 2.35. The van der Waals surface area contributed by atoms with E-state index in [0.717, 1.165) is 17.7 Å². The van der Waals surface area contributed by atoms with Gasteiger partial charge in [-0.2, -0.15) is 0 Å². The molecule has 0 spiro atoms. The third-order valence-electron chi connectivity index (χ3n) is 3.63. The van der Waals surface area contributed by atoms with Crippen molar-refractivity contribution in [3.8, 4) is 0 Å². The zero-order valence-corrected chi connectivity index (χ0v) is 12.7. The summed E-state index contributed by atoms with van der Waals surface area (Å²) in [5, 5.41) is 3.06. The van der Waals surface area contributed by atoms with Crippen molar-refractivity contribution in [1.82, 2.24) is 10.2 Å². The Bertz CT molecular complexity index is 504. The second-order valence-electron chi connectivity index (χ2n) is 5.01. The monoisotopic (exact) mass is 292 g/mol. The number of rotatable bonds is 3. The summed E-state index contributed by atoms with van der Waals surface area (Å²) in [4.78, 5) is 26.7. The van der Waals surface area contributed by atoms with E-state index in [0.29, 0.717) is 18.5 Å². The minimum Gasteiger partial charge on any atom is -0.349 e. The van der Waals surface area contributed by atoms with Crippen LogP contribution in [-0.2, 0) is 4.79 Å². The van der Waals surface area contributed by atoms with Crippen molar-refractivity contribution in [1.29, 1.82) is 0 Å². The zero-order valence-electron chi connectivity index (χ0n) is 11.9. The van der Waals surface area contributed by atoms with Crippen LogP contribution in [0.4, 0.5) is 0 Å². The third-order valence-corrected chi connectivity index (χ3v) is 4.43. The molecule has 2 rings (SSSR count). The SMILES string of the molecule is CSc1ccccc1C(=O)NC1CCC(=O)N(C)CC1.